The van der Waals surface area contributed by atoms with Gasteiger partial charge in [0.1, 0.15) is 5.75 Å². The molecule has 2 unspecified atom stereocenters. The maximum absolute atomic E-state index is 5.69. The summed E-state index contributed by atoms with van der Waals surface area (Å²) in [6.45, 7) is 5.76. The number of hydrogen-bond donors (Lipinski definition) is 1. The Morgan fingerprint density at radius 3 is 3.06 bits per heavy atom. The quantitative estimate of drug-likeness (QED) is 0.867. The molecule has 1 saturated heterocycles. The third-order valence-corrected chi connectivity index (χ3v) is 3.34. The average molecular weight is 249 g/mol. The van der Waals surface area contributed by atoms with Gasteiger partial charge in [0.25, 0.3) is 0 Å². The fraction of sp³-hybridized carbons (Fsp3) is 0.600. The number of benzene rings is 1. The minimum Gasteiger partial charge on any atom is -0.494 e. The number of hydrogen-bond acceptors (Lipinski definition) is 3. The molecule has 0 radical (unpaired) electrons. The zero-order valence-electron chi connectivity index (χ0n) is 11.3. The standard InChI is InChI=1S/C15H23NO2/c1-3-14-10-13(8-9-18-14)16-12-6-5-7-15(11-12)17-4-2/h5-7,11,13-14,16H,3-4,8-10H2,1-2H3. The maximum atomic E-state index is 5.69. The van der Waals surface area contributed by atoms with Gasteiger partial charge in [-0.15, -0.1) is 0 Å². The van der Waals surface area contributed by atoms with Crippen molar-refractivity contribution in [1.82, 2.24) is 0 Å². The molecule has 3 nitrogen and oxygen atoms in total. The van der Waals surface area contributed by atoms with Crippen LogP contribution in [-0.4, -0.2) is 25.4 Å². The summed E-state index contributed by atoms with van der Waals surface area (Å²) in [5, 5.41) is 3.58. The highest BCUT2D eigenvalue weighted by Gasteiger charge is 2.20. The third-order valence-electron chi connectivity index (χ3n) is 3.34. The van der Waals surface area contributed by atoms with E-state index in [9.17, 15) is 0 Å². The Morgan fingerprint density at radius 2 is 2.28 bits per heavy atom. The highest BCUT2D eigenvalue weighted by Crippen LogP contribution is 2.23. The van der Waals surface area contributed by atoms with Gasteiger partial charge in [-0.2, -0.15) is 0 Å². The molecule has 0 amide bonds. The first kappa shape index (κ1) is 13.2. The van der Waals surface area contributed by atoms with Gasteiger partial charge in [-0.3, -0.25) is 0 Å². The van der Waals surface area contributed by atoms with Crippen molar-refractivity contribution < 1.29 is 9.47 Å². The monoisotopic (exact) mass is 249 g/mol. The molecule has 0 bridgehead atoms. The molecular formula is C15H23NO2. The minimum absolute atomic E-state index is 0.409. The average Bonchev–Trinajstić information content (AvgIpc) is 2.40. The van der Waals surface area contributed by atoms with Crippen LogP contribution < -0.4 is 10.1 Å². The highest BCUT2D eigenvalue weighted by atomic mass is 16.5. The van der Waals surface area contributed by atoms with Crippen molar-refractivity contribution in [2.45, 2.75) is 45.3 Å². The van der Waals surface area contributed by atoms with Gasteiger partial charge in [0.15, 0.2) is 0 Å². The van der Waals surface area contributed by atoms with Crippen LogP contribution in [0.25, 0.3) is 0 Å². The molecular weight excluding hydrogens is 226 g/mol. The number of nitrogens with one attached hydrogen (secondary N) is 1. The molecule has 100 valence electrons. The first-order valence-electron chi connectivity index (χ1n) is 6.92. The Kier molecular flexibility index (Phi) is 4.88. The lowest BCUT2D eigenvalue weighted by atomic mass is 10.0. The summed E-state index contributed by atoms with van der Waals surface area (Å²) in [5.74, 6) is 0.932. The third kappa shape index (κ3) is 3.64. The summed E-state index contributed by atoms with van der Waals surface area (Å²) in [6, 6.07) is 8.71. The molecule has 0 aromatic heterocycles. The topological polar surface area (TPSA) is 30.5 Å². The van der Waals surface area contributed by atoms with E-state index in [0.29, 0.717) is 18.8 Å². The van der Waals surface area contributed by atoms with Crippen molar-refractivity contribution in [3.63, 3.8) is 0 Å². The number of rotatable bonds is 5. The minimum atomic E-state index is 0.409. The van der Waals surface area contributed by atoms with Crippen LogP contribution in [0.4, 0.5) is 5.69 Å². The van der Waals surface area contributed by atoms with E-state index in [-0.39, 0.29) is 0 Å². The zero-order chi connectivity index (χ0) is 12.8. The number of anilines is 1. The Balaban J connectivity index is 1.93. The van der Waals surface area contributed by atoms with Gasteiger partial charge < -0.3 is 14.8 Å². The first-order valence-corrected chi connectivity index (χ1v) is 6.92. The second-order valence-electron chi connectivity index (χ2n) is 4.73. The predicted molar refractivity (Wildman–Crippen MR) is 74.3 cm³/mol. The van der Waals surface area contributed by atoms with Gasteiger partial charge in [0, 0.05) is 24.4 Å². The van der Waals surface area contributed by atoms with Gasteiger partial charge in [-0.25, -0.2) is 0 Å². The lowest BCUT2D eigenvalue weighted by Crippen LogP contribution is -2.33. The van der Waals surface area contributed by atoms with Crippen LogP contribution >= 0.6 is 0 Å². The van der Waals surface area contributed by atoms with Crippen LogP contribution in [0.2, 0.25) is 0 Å². The van der Waals surface area contributed by atoms with E-state index >= 15 is 0 Å². The van der Waals surface area contributed by atoms with Crippen molar-refractivity contribution in [3.8, 4) is 5.75 Å². The molecule has 0 saturated carbocycles. The van der Waals surface area contributed by atoms with Crippen molar-refractivity contribution >= 4 is 5.69 Å². The van der Waals surface area contributed by atoms with Crippen LogP contribution in [0, 0.1) is 0 Å². The summed E-state index contributed by atoms with van der Waals surface area (Å²) in [5.41, 5.74) is 1.14. The second-order valence-corrected chi connectivity index (χ2v) is 4.73. The molecule has 1 fully saturated rings. The molecule has 1 aliphatic rings. The molecule has 0 aliphatic carbocycles. The van der Waals surface area contributed by atoms with Crippen LogP contribution in [0.15, 0.2) is 24.3 Å². The normalized spacial score (nSPS) is 23.7. The van der Waals surface area contributed by atoms with Gasteiger partial charge in [0.05, 0.1) is 12.7 Å². The molecule has 0 spiro atoms. The molecule has 1 aromatic rings. The Hall–Kier alpha value is -1.22. The highest BCUT2D eigenvalue weighted by molar-refractivity contribution is 5.48. The van der Waals surface area contributed by atoms with Crippen molar-refractivity contribution in [1.29, 1.82) is 0 Å². The van der Waals surface area contributed by atoms with E-state index in [0.717, 1.165) is 37.3 Å². The molecule has 1 aliphatic heterocycles. The zero-order valence-corrected chi connectivity index (χ0v) is 11.3. The van der Waals surface area contributed by atoms with Crippen molar-refractivity contribution in [2.24, 2.45) is 0 Å². The Morgan fingerprint density at radius 1 is 1.39 bits per heavy atom. The molecule has 2 rings (SSSR count). The summed E-state index contributed by atoms with van der Waals surface area (Å²) >= 11 is 0. The Labute approximate surface area is 109 Å². The van der Waals surface area contributed by atoms with Gasteiger partial charge in [-0.05, 0) is 38.3 Å². The second kappa shape index (κ2) is 6.64. The van der Waals surface area contributed by atoms with Crippen LogP contribution in [-0.2, 0) is 4.74 Å². The fourth-order valence-corrected chi connectivity index (χ4v) is 2.37. The summed E-state index contributed by atoms with van der Waals surface area (Å²) in [7, 11) is 0. The molecule has 1 aromatic carbocycles. The van der Waals surface area contributed by atoms with Crippen LogP contribution in [0.3, 0.4) is 0 Å². The fourth-order valence-electron chi connectivity index (χ4n) is 2.37. The van der Waals surface area contributed by atoms with Gasteiger partial charge in [0.2, 0.25) is 0 Å². The van der Waals surface area contributed by atoms with Crippen molar-refractivity contribution in [3.05, 3.63) is 24.3 Å². The van der Waals surface area contributed by atoms with E-state index in [1.54, 1.807) is 0 Å². The van der Waals surface area contributed by atoms with Gasteiger partial charge >= 0.3 is 0 Å². The van der Waals surface area contributed by atoms with E-state index in [2.05, 4.69) is 24.4 Å². The lowest BCUT2D eigenvalue weighted by molar-refractivity contribution is 0.00925. The largest absolute Gasteiger partial charge is 0.494 e. The molecule has 2 atom stereocenters. The number of ether oxygens (including phenoxy) is 2. The SMILES string of the molecule is CCOc1cccc(NC2CCOC(CC)C2)c1. The van der Waals surface area contributed by atoms with E-state index in [4.69, 9.17) is 9.47 Å². The van der Waals surface area contributed by atoms with Crippen LogP contribution in [0.1, 0.15) is 33.1 Å². The molecule has 1 heterocycles. The maximum Gasteiger partial charge on any atom is 0.121 e. The summed E-state index contributed by atoms with van der Waals surface area (Å²) in [6.07, 6.45) is 3.67. The predicted octanol–water partition coefficient (Wildman–Crippen LogP) is 3.45. The smallest absolute Gasteiger partial charge is 0.121 e. The Bertz CT molecular complexity index is 367. The van der Waals surface area contributed by atoms with Crippen molar-refractivity contribution in [2.75, 3.05) is 18.5 Å². The van der Waals surface area contributed by atoms with E-state index in [1.165, 1.54) is 0 Å². The van der Waals surface area contributed by atoms with Gasteiger partial charge in [-0.1, -0.05) is 13.0 Å². The van der Waals surface area contributed by atoms with E-state index in [1.807, 2.05) is 19.1 Å². The molecule has 3 heteroatoms. The lowest BCUT2D eigenvalue weighted by Gasteiger charge is -2.30. The molecule has 18 heavy (non-hydrogen) atoms. The summed E-state index contributed by atoms with van der Waals surface area (Å²) in [4.78, 5) is 0. The molecule has 1 N–H and O–H groups in total. The summed E-state index contributed by atoms with van der Waals surface area (Å²) < 4.78 is 11.2. The van der Waals surface area contributed by atoms with Crippen LogP contribution in [0.5, 0.6) is 5.75 Å². The first-order chi connectivity index (χ1) is 8.81. The van der Waals surface area contributed by atoms with E-state index < -0.39 is 0 Å².